The van der Waals surface area contributed by atoms with Crippen molar-refractivity contribution in [3.05, 3.63) is 0 Å². The van der Waals surface area contributed by atoms with Crippen molar-refractivity contribution >= 4 is 11.8 Å². The largest absolute Gasteiger partial charge is 0.356 e. The third-order valence-corrected chi connectivity index (χ3v) is 3.56. The molecule has 0 spiro atoms. The van der Waals surface area contributed by atoms with Crippen LogP contribution in [0.2, 0.25) is 0 Å². The number of hydrogen-bond donors (Lipinski definition) is 2. The molecule has 0 bridgehead atoms. The molecule has 1 fully saturated rings. The highest BCUT2D eigenvalue weighted by Crippen LogP contribution is 2.17. The summed E-state index contributed by atoms with van der Waals surface area (Å²) >= 11 is 0. The Morgan fingerprint density at radius 1 is 1.20 bits per heavy atom. The second kappa shape index (κ2) is 7.62. The van der Waals surface area contributed by atoms with Crippen LogP contribution in [0.5, 0.6) is 0 Å². The minimum absolute atomic E-state index is 0.0471. The lowest BCUT2D eigenvalue weighted by molar-refractivity contribution is -0.135. The van der Waals surface area contributed by atoms with E-state index in [4.69, 9.17) is 0 Å². The van der Waals surface area contributed by atoms with Crippen LogP contribution >= 0.6 is 0 Å². The van der Waals surface area contributed by atoms with Gasteiger partial charge in [-0.15, -0.1) is 0 Å². The first kappa shape index (κ1) is 17.0. The van der Waals surface area contributed by atoms with E-state index < -0.39 is 0 Å². The summed E-state index contributed by atoms with van der Waals surface area (Å²) in [5.41, 5.74) is 0.0471. The maximum absolute atomic E-state index is 12.1. The molecule has 5 heteroatoms. The van der Waals surface area contributed by atoms with Gasteiger partial charge in [-0.05, 0) is 40.5 Å². The summed E-state index contributed by atoms with van der Waals surface area (Å²) in [6.07, 6.45) is 2.09. The van der Waals surface area contributed by atoms with E-state index in [2.05, 4.69) is 31.4 Å². The lowest BCUT2D eigenvalue weighted by Crippen LogP contribution is -2.44. The molecule has 0 saturated carbocycles. The third-order valence-electron chi connectivity index (χ3n) is 3.56. The number of nitrogens with one attached hydrogen (secondary N) is 2. The highest BCUT2D eigenvalue weighted by atomic mass is 16.2. The topological polar surface area (TPSA) is 61.4 Å². The molecule has 20 heavy (non-hydrogen) atoms. The van der Waals surface area contributed by atoms with Gasteiger partial charge in [0.15, 0.2) is 0 Å². The number of hydrogen-bond acceptors (Lipinski definition) is 3. The molecular formula is C15H29N3O2. The van der Waals surface area contributed by atoms with Crippen molar-refractivity contribution in [2.75, 3.05) is 26.2 Å². The summed E-state index contributed by atoms with van der Waals surface area (Å²) in [5, 5.41) is 6.18. The first-order valence-corrected chi connectivity index (χ1v) is 7.64. The second-order valence-electron chi connectivity index (χ2n) is 6.48. The van der Waals surface area contributed by atoms with Crippen LogP contribution in [0.25, 0.3) is 0 Å². The molecule has 0 atom stereocenters. The van der Waals surface area contributed by atoms with Gasteiger partial charge in [-0.2, -0.15) is 0 Å². The summed E-state index contributed by atoms with van der Waals surface area (Å²) in [4.78, 5) is 25.7. The third kappa shape index (κ3) is 5.90. The molecule has 1 heterocycles. The Kier molecular flexibility index (Phi) is 6.46. The Labute approximate surface area is 122 Å². The molecule has 116 valence electrons. The first-order valence-electron chi connectivity index (χ1n) is 7.64. The van der Waals surface area contributed by atoms with E-state index in [1.807, 2.05) is 11.8 Å². The fraction of sp³-hybridized carbons (Fsp3) is 0.867. The van der Waals surface area contributed by atoms with E-state index >= 15 is 0 Å². The molecule has 1 saturated heterocycles. The van der Waals surface area contributed by atoms with Gasteiger partial charge >= 0.3 is 0 Å². The standard InChI is InChI=1S/C15H29N3O2/c1-5-16-14(20)12-7-10-18(11-8-12)13(19)6-9-17-15(2,3)4/h12,17H,5-11H2,1-4H3,(H,16,20). The number of piperidine rings is 1. The minimum Gasteiger partial charge on any atom is -0.356 e. The predicted molar refractivity (Wildman–Crippen MR) is 80.4 cm³/mol. The van der Waals surface area contributed by atoms with E-state index in [0.717, 1.165) is 12.8 Å². The molecular weight excluding hydrogens is 254 g/mol. The Hall–Kier alpha value is -1.10. The summed E-state index contributed by atoms with van der Waals surface area (Å²) in [6.45, 7) is 11.0. The van der Waals surface area contributed by atoms with Gasteiger partial charge in [-0.1, -0.05) is 0 Å². The highest BCUT2D eigenvalue weighted by molar-refractivity contribution is 5.80. The molecule has 0 aromatic heterocycles. The molecule has 1 aliphatic heterocycles. The summed E-state index contributed by atoms with van der Waals surface area (Å²) in [5.74, 6) is 0.400. The lowest BCUT2D eigenvalue weighted by Gasteiger charge is -2.31. The molecule has 2 amide bonds. The quantitative estimate of drug-likeness (QED) is 0.795. The van der Waals surface area contributed by atoms with Crippen molar-refractivity contribution in [3.8, 4) is 0 Å². The van der Waals surface area contributed by atoms with Gasteiger partial charge < -0.3 is 15.5 Å². The summed E-state index contributed by atoms with van der Waals surface area (Å²) < 4.78 is 0. The number of nitrogens with zero attached hydrogens (tertiary/aromatic N) is 1. The monoisotopic (exact) mass is 283 g/mol. The van der Waals surface area contributed by atoms with Crippen LogP contribution in [-0.2, 0) is 9.59 Å². The van der Waals surface area contributed by atoms with E-state index in [1.165, 1.54) is 0 Å². The Bertz CT molecular complexity index is 329. The maximum Gasteiger partial charge on any atom is 0.223 e. The minimum atomic E-state index is 0.0471. The highest BCUT2D eigenvalue weighted by Gasteiger charge is 2.26. The number of rotatable bonds is 5. The molecule has 1 aliphatic rings. The fourth-order valence-corrected chi connectivity index (χ4v) is 2.41. The molecule has 2 N–H and O–H groups in total. The number of carbonyl (C=O) groups is 2. The van der Waals surface area contributed by atoms with Crippen molar-refractivity contribution in [2.45, 2.75) is 52.5 Å². The van der Waals surface area contributed by atoms with Crippen LogP contribution in [0.1, 0.15) is 47.0 Å². The SMILES string of the molecule is CCNC(=O)C1CCN(C(=O)CCNC(C)(C)C)CC1. The molecule has 1 rings (SSSR count). The molecule has 0 aromatic rings. The van der Waals surface area contributed by atoms with Gasteiger partial charge in [-0.3, -0.25) is 9.59 Å². The van der Waals surface area contributed by atoms with Crippen molar-refractivity contribution < 1.29 is 9.59 Å². The first-order chi connectivity index (χ1) is 9.33. The van der Waals surface area contributed by atoms with Crippen molar-refractivity contribution in [1.82, 2.24) is 15.5 Å². The fourth-order valence-electron chi connectivity index (χ4n) is 2.41. The number of amides is 2. The van der Waals surface area contributed by atoms with Gasteiger partial charge in [0.2, 0.25) is 11.8 Å². The van der Waals surface area contributed by atoms with E-state index in [0.29, 0.717) is 32.6 Å². The van der Waals surface area contributed by atoms with Gasteiger partial charge in [0.05, 0.1) is 0 Å². The number of likely N-dealkylation sites (tertiary alicyclic amines) is 1. The number of carbonyl (C=O) groups excluding carboxylic acids is 2. The Balaban J connectivity index is 2.27. The lowest BCUT2D eigenvalue weighted by atomic mass is 9.95. The van der Waals surface area contributed by atoms with Gasteiger partial charge in [0.25, 0.3) is 0 Å². The molecule has 0 aromatic carbocycles. The van der Waals surface area contributed by atoms with Gasteiger partial charge in [-0.25, -0.2) is 0 Å². The van der Waals surface area contributed by atoms with Crippen molar-refractivity contribution in [3.63, 3.8) is 0 Å². The molecule has 0 aliphatic carbocycles. The predicted octanol–water partition coefficient (Wildman–Crippen LogP) is 1.14. The van der Waals surface area contributed by atoms with Crippen LogP contribution < -0.4 is 10.6 Å². The van der Waals surface area contributed by atoms with Crippen LogP contribution in [0.3, 0.4) is 0 Å². The molecule has 0 unspecified atom stereocenters. The second-order valence-corrected chi connectivity index (χ2v) is 6.48. The van der Waals surface area contributed by atoms with Crippen molar-refractivity contribution in [2.24, 2.45) is 5.92 Å². The van der Waals surface area contributed by atoms with E-state index in [-0.39, 0.29) is 23.3 Å². The van der Waals surface area contributed by atoms with Gasteiger partial charge in [0, 0.05) is 44.1 Å². The summed E-state index contributed by atoms with van der Waals surface area (Å²) in [6, 6.07) is 0. The van der Waals surface area contributed by atoms with E-state index in [9.17, 15) is 9.59 Å². The maximum atomic E-state index is 12.1. The zero-order valence-electron chi connectivity index (χ0n) is 13.3. The summed E-state index contributed by atoms with van der Waals surface area (Å²) in [7, 11) is 0. The Morgan fingerprint density at radius 2 is 1.80 bits per heavy atom. The van der Waals surface area contributed by atoms with Gasteiger partial charge in [0.1, 0.15) is 0 Å². The van der Waals surface area contributed by atoms with E-state index in [1.54, 1.807) is 0 Å². The average molecular weight is 283 g/mol. The van der Waals surface area contributed by atoms with Crippen LogP contribution in [-0.4, -0.2) is 48.4 Å². The van der Waals surface area contributed by atoms with Crippen molar-refractivity contribution in [1.29, 1.82) is 0 Å². The van der Waals surface area contributed by atoms with Crippen LogP contribution in [0, 0.1) is 5.92 Å². The zero-order valence-corrected chi connectivity index (χ0v) is 13.3. The normalized spacial score (nSPS) is 17.1. The van der Waals surface area contributed by atoms with Crippen LogP contribution in [0.15, 0.2) is 0 Å². The smallest absolute Gasteiger partial charge is 0.223 e. The van der Waals surface area contributed by atoms with Crippen LogP contribution in [0.4, 0.5) is 0 Å². The zero-order chi connectivity index (χ0) is 15.2. The molecule has 0 radical (unpaired) electrons. The molecule has 5 nitrogen and oxygen atoms in total. The average Bonchev–Trinajstić information content (AvgIpc) is 2.37. The Morgan fingerprint density at radius 3 is 2.30 bits per heavy atom.